The van der Waals surface area contributed by atoms with E-state index >= 15 is 0 Å². The van der Waals surface area contributed by atoms with Gasteiger partial charge in [0, 0.05) is 73.8 Å². The summed E-state index contributed by atoms with van der Waals surface area (Å²) in [6.45, 7) is 0. The smallest absolute Gasteiger partial charge is 0.112 e. The maximum absolute atomic E-state index is 3.88. The van der Waals surface area contributed by atoms with Crippen molar-refractivity contribution in [1.82, 2.24) is 15.4 Å². The van der Waals surface area contributed by atoms with E-state index in [4.69, 9.17) is 0 Å². The largest absolute Gasteiger partial charge is 0.197 e. The van der Waals surface area contributed by atoms with Crippen molar-refractivity contribution >= 4 is 62.4 Å². The zero-order chi connectivity index (χ0) is 6.10. The van der Waals surface area contributed by atoms with Gasteiger partial charge >= 0.3 is 0 Å². The van der Waals surface area contributed by atoms with Crippen LogP contribution in [0.25, 0.3) is 11.0 Å². The Morgan fingerprint density at radius 1 is 1.00 bits per heavy atom. The minimum absolute atomic E-state index is 0. The van der Waals surface area contributed by atoms with Gasteiger partial charge in [-0.15, -0.1) is 0 Å². The Bertz CT molecular complexity index is 292. The molecule has 2 aromatic rings. The minimum Gasteiger partial charge on any atom is -0.197 e. The molecule has 0 saturated heterocycles. The third-order valence-corrected chi connectivity index (χ3v) is 1.22. The molecule has 1 N–H and O–H groups in total. The maximum atomic E-state index is 3.88. The average molecular weight is 266 g/mol. The number of H-pyrrole nitrogens is 1. The van der Waals surface area contributed by atoms with Crippen LogP contribution < -0.4 is 0 Å². The molecule has 0 saturated carbocycles. The number of aromatic amines is 1. The number of rotatable bonds is 0. The van der Waals surface area contributed by atoms with Crippen LogP contribution in [0.5, 0.6) is 0 Å². The van der Waals surface area contributed by atoms with Crippen LogP contribution in [0.2, 0.25) is 0 Å². The number of hydrogen-bond acceptors (Lipinski definition) is 2. The molecule has 0 atom stereocenters. The van der Waals surface area contributed by atoms with E-state index in [1.807, 2.05) is 24.3 Å². The van der Waals surface area contributed by atoms with Crippen LogP contribution in [0.3, 0.4) is 0 Å². The first-order valence-corrected chi connectivity index (χ1v) is 2.72. The monoisotopic (exact) mass is 265 g/mol. The topological polar surface area (TPSA) is 41.6 Å². The third kappa shape index (κ3) is 2.75. The normalized spacial score (nSPS) is 8.36. The number of nitrogens with zero attached hydrogens (tertiary/aromatic N) is 2. The van der Waals surface area contributed by atoms with Crippen molar-refractivity contribution in [2.24, 2.45) is 0 Å². The van der Waals surface area contributed by atoms with Gasteiger partial charge in [-0.05, 0) is 12.1 Å². The van der Waals surface area contributed by atoms with Gasteiger partial charge in [0.05, 0.1) is 0 Å². The van der Waals surface area contributed by atoms with Gasteiger partial charge < -0.3 is 0 Å². The molecule has 0 bridgehead atoms. The van der Waals surface area contributed by atoms with Crippen molar-refractivity contribution in [2.45, 2.75) is 0 Å². The van der Waals surface area contributed by atoms with E-state index in [9.17, 15) is 0 Å². The Labute approximate surface area is 122 Å². The van der Waals surface area contributed by atoms with Crippen LogP contribution >= 0.6 is 0 Å². The molecule has 0 spiro atoms. The third-order valence-electron chi connectivity index (χ3n) is 1.22. The SMILES string of the molecule is [Ag].[K].c1ccc2n[nH]nc2c1. The molecule has 11 heavy (non-hydrogen) atoms. The summed E-state index contributed by atoms with van der Waals surface area (Å²) in [7, 11) is 0. The fraction of sp³-hybridized carbons (Fsp3) is 0. The summed E-state index contributed by atoms with van der Waals surface area (Å²) in [4.78, 5) is 0. The number of aromatic nitrogens is 3. The molecular formula is C6H5AgKN3. The molecule has 0 aliphatic carbocycles. The van der Waals surface area contributed by atoms with Gasteiger partial charge in [0.2, 0.25) is 0 Å². The number of fused-ring (bicyclic) bond motifs is 1. The van der Waals surface area contributed by atoms with Gasteiger partial charge in [0.1, 0.15) is 11.0 Å². The molecule has 1 heterocycles. The van der Waals surface area contributed by atoms with Crippen LogP contribution in [0, 0.1) is 0 Å². The first-order chi connectivity index (χ1) is 4.47. The van der Waals surface area contributed by atoms with Crippen LogP contribution in [-0.2, 0) is 22.4 Å². The summed E-state index contributed by atoms with van der Waals surface area (Å²) in [5, 5.41) is 10.3. The van der Waals surface area contributed by atoms with Gasteiger partial charge in [0.25, 0.3) is 0 Å². The first-order valence-electron chi connectivity index (χ1n) is 2.72. The van der Waals surface area contributed by atoms with E-state index in [-0.39, 0.29) is 73.8 Å². The van der Waals surface area contributed by atoms with Gasteiger partial charge in [-0.3, -0.25) is 0 Å². The number of hydrogen-bond donors (Lipinski definition) is 1. The Hall–Kier alpha value is 0.997. The predicted octanol–water partition coefficient (Wildman–Crippen LogP) is 0.575. The second kappa shape index (κ2) is 5.61. The zero-order valence-corrected chi connectivity index (χ0v) is 10.6. The molecule has 1 aromatic carbocycles. The van der Waals surface area contributed by atoms with Crippen molar-refractivity contribution in [2.75, 3.05) is 0 Å². The minimum atomic E-state index is 0. The van der Waals surface area contributed by atoms with Gasteiger partial charge in [-0.25, -0.2) is 0 Å². The Morgan fingerprint density at radius 2 is 1.45 bits per heavy atom. The van der Waals surface area contributed by atoms with Crippen molar-refractivity contribution in [3.05, 3.63) is 24.3 Å². The fourth-order valence-corrected chi connectivity index (χ4v) is 0.786. The van der Waals surface area contributed by atoms with Crippen molar-refractivity contribution in [3.63, 3.8) is 0 Å². The molecule has 0 unspecified atom stereocenters. The van der Waals surface area contributed by atoms with Crippen LogP contribution in [0.15, 0.2) is 24.3 Å². The van der Waals surface area contributed by atoms with E-state index in [2.05, 4.69) is 15.4 Å². The summed E-state index contributed by atoms with van der Waals surface area (Å²) in [5.74, 6) is 0. The van der Waals surface area contributed by atoms with Crippen LogP contribution in [-0.4, -0.2) is 66.8 Å². The Kier molecular flexibility index (Phi) is 6.12. The van der Waals surface area contributed by atoms with Crippen molar-refractivity contribution < 1.29 is 22.4 Å². The molecule has 0 aliphatic rings. The van der Waals surface area contributed by atoms with Gasteiger partial charge in [0.15, 0.2) is 0 Å². The molecule has 0 amide bonds. The molecular weight excluding hydrogens is 261 g/mol. The van der Waals surface area contributed by atoms with E-state index < -0.39 is 0 Å². The zero-order valence-electron chi connectivity index (χ0n) is 6.01. The van der Waals surface area contributed by atoms with E-state index in [0.29, 0.717) is 0 Å². The second-order valence-electron chi connectivity index (χ2n) is 1.81. The number of nitrogens with one attached hydrogen (secondary N) is 1. The van der Waals surface area contributed by atoms with E-state index in [0.717, 1.165) is 11.0 Å². The quantitative estimate of drug-likeness (QED) is 0.708. The maximum Gasteiger partial charge on any atom is 0.112 e. The molecule has 1 aromatic heterocycles. The molecule has 0 fully saturated rings. The Balaban J connectivity index is 0.000000500. The standard InChI is InChI=1S/C6H5N3.Ag.K/c1-2-4-6-5(3-1)7-9-8-6;;/h1-4H,(H,7,8,9);;. The molecule has 56 valence electrons. The van der Waals surface area contributed by atoms with Crippen molar-refractivity contribution in [3.8, 4) is 0 Å². The summed E-state index contributed by atoms with van der Waals surface area (Å²) < 4.78 is 0. The molecule has 5 heteroatoms. The second-order valence-corrected chi connectivity index (χ2v) is 1.81. The molecule has 3 nitrogen and oxygen atoms in total. The summed E-state index contributed by atoms with van der Waals surface area (Å²) >= 11 is 0. The van der Waals surface area contributed by atoms with E-state index in [1.165, 1.54) is 0 Å². The fourth-order valence-electron chi connectivity index (χ4n) is 0.786. The molecule has 2 rings (SSSR count). The molecule has 2 radical (unpaired) electrons. The first kappa shape index (κ1) is 12.0. The Morgan fingerprint density at radius 3 is 1.91 bits per heavy atom. The van der Waals surface area contributed by atoms with Crippen LogP contribution in [0.4, 0.5) is 0 Å². The van der Waals surface area contributed by atoms with Crippen molar-refractivity contribution in [1.29, 1.82) is 0 Å². The summed E-state index contributed by atoms with van der Waals surface area (Å²) in [6, 6.07) is 7.70. The predicted molar refractivity (Wildman–Crippen MR) is 39.6 cm³/mol. The summed E-state index contributed by atoms with van der Waals surface area (Å²) in [5.41, 5.74) is 1.83. The van der Waals surface area contributed by atoms with Gasteiger partial charge in [-0.1, -0.05) is 12.1 Å². The molecule has 0 aliphatic heterocycles. The van der Waals surface area contributed by atoms with E-state index in [1.54, 1.807) is 0 Å². The number of benzene rings is 1. The van der Waals surface area contributed by atoms with Crippen LogP contribution in [0.1, 0.15) is 0 Å². The summed E-state index contributed by atoms with van der Waals surface area (Å²) in [6.07, 6.45) is 0. The average Bonchev–Trinajstić information content (AvgIpc) is 2.33. The van der Waals surface area contributed by atoms with Gasteiger partial charge in [-0.2, -0.15) is 15.4 Å². The number of para-hydroxylation sites is 2.